The van der Waals surface area contributed by atoms with Crippen LogP contribution in [0.1, 0.15) is 64.5 Å². The quantitative estimate of drug-likeness (QED) is 0.782. The predicted molar refractivity (Wildman–Crippen MR) is 79.2 cm³/mol. The number of rotatable bonds is 7. The number of hydrogen-bond acceptors (Lipinski definition) is 2. The molecule has 108 valence electrons. The minimum Gasteiger partial charge on any atom is -0.297 e. The lowest BCUT2D eigenvalue weighted by molar-refractivity contribution is 0.391. The van der Waals surface area contributed by atoms with E-state index in [4.69, 9.17) is 11.6 Å². The van der Waals surface area contributed by atoms with E-state index >= 15 is 0 Å². The monoisotopic (exact) mass is 286 g/mol. The summed E-state index contributed by atoms with van der Waals surface area (Å²) in [6.07, 6.45) is 5.25. The van der Waals surface area contributed by atoms with Crippen molar-refractivity contribution in [2.45, 2.75) is 65.3 Å². The minimum atomic E-state index is -0.387. The normalized spacial score (nSPS) is 12.6. The Morgan fingerprint density at radius 3 is 2.37 bits per heavy atom. The van der Waals surface area contributed by atoms with Gasteiger partial charge in [-0.2, -0.15) is 0 Å². The van der Waals surface area contributed by atoms with Gasteiger partial charge in [0.05, 0.1) is 5.56 Å². The number of nitrogens with zero attached hydrogens (tertiary/aromatic N) is 1. The van der Waals surface area contributed by atoms with E-state index in [1.165, 1.54) is 4.57 Å². The average Bonchev–Trinajstić information content (AvgIpc) is 2.35. The summed E-state index contributed by atoms with van der Waals surface area (Å²) in [5.74, 6) is 0. The Labute approximate surface area is 118 Å². The molecule has 19 heavy (non-hydrogen) atoms. The number of unbranched alkanes of at least 4 members (excludes halogenated alkanes) is 1. The van der Waals surface area contributed by atoms with Crippen molar-refractivity contribution in [3.63, 3.8) is 0 Å². The SMILES string of the molecule is CCCCC(CCC)n1c(=O)[nH]c(Cl)c(CC)c1=O. The van der Waals surface area contributed by atoms with E-state index < -0.39 is 0 Å². The fraction of sp³-hybridized carbons (Fsp3) is 0.714. The maximum absolute atomic E-state index is 12.4. The molecule has 0 radical (unpaired) electrons. The van der Waals surface area contributed by atoms with Crippen LogP contribution in [0.3, 0.4) is 0 Å². The molecule has 0 aliphatic rings. The van der Waals surface area contributed by atoms with Crippen LogP contribution in [0, 0.1) is 0 Å². The lowest BCUT2D eigenvalue weighted by Crippen LogP contribution is -2.40. The lowest BCUT2D eigenvalue weighted by atomic mass is 10.0. The summed E-state index contributed by atoms with van der Waals surface area (Å²) in [5, 5.41) is 0.180. The Kier molecular flexibility index (Phi) is 6.35. The van der Waals surface area contributed by atoms with E-state index in [9.17, 15) is 9.59 Å². The molecular weight excluding hydrogens is 264 g/mol. The van der Waals surface area contributed by atoms with Gasteiger partial charge in [0.15, 0.2) is 0 Å². The summed E-state index contributed by atoms with van der Waals surface area (Å²) in [7, 11) is 0. The highest BCUT2D eigenvalue weighted by Gasteiger charge is 2.18. The third kappa shape index (κ3) is 3.72. The summed E-state index contributed by atoms with van der Waals surface area (Å²) < 4.78 is 1.36. The van der Waals surface area contributed by atoms with E-state index in [-0.39, 0.29) is 22.4 Å². The highest BCUT2D eigenvalue weighted by molar-refractivity contribution is 6.30. The van der Waals surface area contributed by atoms with Gasteiger partial charge in [-0.05, 0) is 19.3 Å². The molecule has 0 saturated heterocycles. The molecule has 1 N–H and O–H groups in total. The van der Waals surface area contributed by atoms with Gasteiger partial charge in [-0.1, -0.05) is 51.6 Å². The number of H-pyrrole nitrogens is 1. The topological polar surface area (TPSA) is 54.9 Å². The summed E-state index contributed by atoms with van der Waals surface area (Å²) >= 11 is 5.92. The highest BCUT2D eigenvalue weighted by Crippen LogP contribution is 2.18. The molecule has 5 heteroatoms. The number of hydrogen-bond donors (Lipinski definition) is 1. The predicted octanol–water partition coefficient (Wildman–Crippen LogP) is 3.28. The third-order valence-electron chi connectivity index (χ3n) is 3.41. The molecule has 0 aliphatic carbocycles. The van der Waals surface area contributed by atoms with Crippen molar-refractivity contribution in [3.05, 3.63) is 31.6 Å². The van der Waals surface area contributed by atoms with Crippen LogP contribution in [0.25, 0.3) is 0 Å². The fourth-order valence-electron chi connectivity index (χ4n) is 2.37. The molecule has 1 heterocycles. The molecule has 4 nitrogen and oxygen atoms in total. The van der Waals surface area contributed by atoms with Crippen molar-refractivity contribution >= 4 is 11.6 Å². The van der Waals surface area contributed by atoms with Gasteiger partial charge in [-0.25, -0.2) is 4.79 Å². The van der Waals surface area contributed by atoms with Crippen LogP contribution in [0.4, 0.5) is 0 Å². The standard InChI is InChI=1S/C14H23ClN2O2/c1-4-7-9-10(8-5-2)17-13(18)11(6-3)12(15)16-14(17)19/h10H,4-9H2,1-3H3,(H,16,19). The molecule has 0 aliphatic heterocycles. The van der Waals surface area contributed by atoms with Gasteiger partial charge in [0.2, 0.25) is 0 Å². The average molecular weight is 287 g/mol. The Hall–Kier alpha value is -1.03. The first-order chi connectivity index (χ1) is 9.06. The number of nitrogens with one attached hydrogen (secondary N) is 1. The molecule has 0 spiro atoms. The minimum absolute atomic E-state index is 0.0243. The van der Waals surface area contributed by atoms with E-state index in [0.29, 0.717) is 12.0 Å². The molecule has 0 saturated carbocycles. The van der Waals surface area contributed by atoms with Crippen LogP contribution in [-0.4, -0.2) is 9.55 Å². The largest absolute Gasteiger partial charge is 0.329 e. The van der Waals surface area contributed by atoms with Gasteiger partial charge in [-0.15, -0.1) is 0 Å². The number of aromatic nitrogens is 2. The van der Waals surface area contributed by atoms with E-state index in [0.717, 1.165) is 32.1 Å². The van der Waals surface area contributed by atoms with Crippen molar-refractivity contribution in [2.75, 3.05) is 0 Å². The highest BCUT2D eigenvalue weighted by atomic mass is 35.5. The molecule has 1 atom stereocenters. The Morgan fingerprint density at radius 1 is 1.16 bits per heavy atom. The van der Waals surface area contributed by atoms with Gasteiger partial charge < -0.3 is 0 Å². The summed E-state index contributed by atoms with van der Waals surface area (Å²) in [5.41, 5.74) is -0.119. The molecule has 0 amide bonds. The second kappa shape index (κ2) is 7.53. The number of halogens is 1. The molecule has 1 unspecified atom stereocenters. The van der Waals surface area contributed by atoms with E-state index in [2.05, 4.69) is 18.8 Å². The van der Waals surface area contributed by atoms with E-state index in [1.807, 2.05) is 6.92 Å². The van der Waals surface area contributed by atoms with Crippen LogP contribution in [0.2, 0.25) is 5.15 Å². The first-order valence-electron chi connectivity index (χ1n) is 7.09. The Bertz CT molecular complexity index is 519. The lowest BCUT2D eigenvalue weighted by Gasteiger charge is -2.19. The van der Waals surface area contributed by atoms with Crippen molar-refractivity contribution in [3.8, 4) is 0 Å². The van der Waals surface area contributed by atoms with Crippen LogP contribution in [-0.2, 0) is 6.42 Å². The Balaban J connectivity index is 3.29. The second-order valence-corrected chi connectivity index (χ2v) is 5.21. The summed E-state index contributed by atoms with van der Waals surface area (Å²) in [4.78, 5) is 27.0. The van der Waals surface area contributed by atoms with Gasteiger partial charge >= 0.3 is 5.69 Å². The van der Waals surface area contributed by atoms with Crippen LogP contribution in [0.15, 0.2) is 9.59 Å². The zero-order chi connectivity index (χ0) is 14.4. The first kappa shape index (κ1) is 16.0. The van der Waals surface area contributed by atoms with Gasteiger partial charge in [0.25, 0.3) is 5.56 Å². The third-order valence-corrected chi connectivity index (χ3v) is 3.73. The molecular formula is C14H23ClN2O2. The smallest absolute Gasteiger partial charge is 0.297 e. The van der Waals surface area contributed by atoms with Crippen molar-refractivity contribution in [2.24, 2.45) is 0 Å². The fourth-order valence-corrected chi connectivity index (χ4v) is 2.67. The van der Waals surface area contributed by atoms with Crippen LogP contribution in [0.5, 0.6) is 0 Å². The number of aromatic amines is 1. The summed E-state index contributed by atoms with van der Waals surface area (Å²) in [6, 6.07) is -0.0243. The van der Waals surface area contributed by atoms with Gasteiger partial charge in [0, 0.05) is 6.04 Å². The second-order valence-electron chi connectivity index (χ2n) is 4.84. The van der Waals surface area contributed by atoms with Crippen molar-refractivity contribution < 1.29 is 0 Å². The van der Waals surface area contributed by atoms with Crippen LogP contribution >= 0.6 is 11.6 Å². The zero-order valence-corrected chi connectivity index (χ0v) is 12.7. The van der Waals surface area contributed by atoms with Gasteiger partial charge in [-0.3, -0.25) is 14.3 Å². The maximum atomic E-state index is 12.4. The summed E-state index contributed by atoms with van der Waals surface area (Å²) in [6.45, 7) is 6.04. The molecule has 0 aromatic carbocycles. The van der Waals surface area contributed by atoms with Gasteiger partial charge in [0.1, 0.15) is 5.15 Å². The maximum Gasteiger partial charge on any atom is 0.329 e. The zero-order valence-electron chi connectivity index (χ0n) is 12.0. The molecule has 1 aromatic rings. The van der Waals surface area contributed by atoms with E-state index in [1.54, 1.807) is 0 Å². The van der Waals surface area contributed by atoms with Crippen molar-refractivity contribution in [1.29, 1.82) is 0 Å². The molecule has 1 rings (SSSR count). The van der Waals surface area contributed by atoms with Crippen LogP contribution < -0.4 is 11.2 Å². The Morgan fingerprint density at radius 2 is 1.84 bits per heavy atom. The first-order valence-corrected chi connectivity index (χ1v) is 7.47. The molecule has 0 bridgehead atoms. The van der Waals surface area contributed by atoms with Crippen molar-refractivity contribution in [1.82, 2.24) is 9.55 Å². The molecule has 1 aromatic heterocycles. The molecule has 0 fully saturated rings.